The predicted octanol–water partition coefficient (Wildman–Crippen LogP) is 4.18. The van der Waals surface area contributed by atoms with Gasteiger partial charge in [0.25, 0.3) is 5.91 Å². The minimum Gasteiger partial charge on any atom is -0.489 e. The van der Waals surface area contributed by atoms with Gasteiger partial charge in [0.2, 0.25) is 5.91 Å². The lowest BCUT2D eigenvalue weighted by atomic mass is 10.1. The van der Waals surface area contributed by atoms with Crippen LogP contribution in [0.5, 0.6) is 5.75 Å². The van der Waals surface area contributed by atoms with Gasteiger partial charge in [-0.05, 0) is 66.1 Å². The summed E-state index contributed by atoms with van der Waals surface area (Å²) in [7, 11) is 0. The van der Waals surface area contributed by atoms with E-state index in [4.69, 9.17) is 10.5 Å². The highest BCUT2D eigenvalue weighted by Gasteiger charge is 2.08. The maximum atomic E-state index is 12.5. The first-order valence-electron chi connectivity index (χ1n) is 9.07. The highest BCUT2D eigenvalue weighted by Crippen LogP contribution is 2.16. The van der Waals surface area contributed by atoms with E-state index in [1.54, 1.807) is 36.4 Å². The maximum Gasteiger partial charge on any atom is 0.255 e. The molecule has 3 N–H and O–H groups in total. The van der Waals surface area contributed by atoms with Crippen LogP contribution < -0.4 is 15.8 Å². The number of hydrogen-bond donors (Lipinski definition) is 2. The van der Waals surface area contributed by atoms with E-state index in [0.29, 0.717) is 23.4 Å². The topological polar surface area (TPSA) is 81.4 Å². The van der Waals surface area contributed by atoms with Crippen LogP contribution in [-0.2, 0) is 13.0 Å². The fourth-order valence-electron chi connectivity index (χ4n) is 2.71. The molecule has 0 aliphatic heterocycles. The number of carbonyl (C=O) groups is 2. The fourth-order valence-corrected chi connectivity index (χ4v) is 2.71. The van der Waals surface area contributed by atoms with Gasteiger partial charge in [-0.3, -0.25) is 9.59 Å². The van der Waals surface area contributed by atoms with E-state index in [9.17, 15) is 9.59 Å². The number of aryl methyl sites for hydroxylation is 1. The molecule has 5 heteroatoms. The summed E-state index contributed by atoms with van der Waals surface area (Å²) in [4.78, 5) is 23.6. The van der Waals surface area contributed by atoms with E-state index in [0.717, 1.165) is 17.7 Å². The molecule has 0 atom stereocenters. The van der Waals surface area contributed by atoms with E-state index >= 15 is 0 Å². The summed E-state index contributed by atoms with van der Waals surface area (Å²) in [6, 6.07) is 21.7. The molecule has 5 nitrogen and oxygen atoms in total. The standard InChI is InChI=1S/C23H22N2O3/c1-2-16-6-12-21(13-7-16)28-15-17-4-3-5-19(14-17)23(27)25-20-10-8-18(9-11-20)22(24)26/h3-14H,2,15H2,1H3,(H2,24,26)(H,25,27). The van der Waals surface area contributed by atoms with Crippen LogP contribution >= 0.6 is 0 Å². The second-order valence-electron chi connectivity index (χ2n) is 6.38. The van der Waals surface area contributed by atoms with E-state index in [1.807, 2.05) is 36.4 Å². The molecule has 0 aromatic heterocycles. The van der Waals surface area contributed by atoms with Gasteiger partial charge in [0.15, 0.2) is 0 Å². The molecule has 0 fully saturated rings. The molecule has 0 spiro atoms. The lowest BCUT2D eigenvalue weighted by Crippen LogP contribution is -2.13. The van der Waals surface area contributed by atoms with Gasteiger partial charge in [-0.1, -0.05) is 31.2 Å². The van der Waals surface area contributed by atoms with Crippen molar-refractivity contribution in [3.8, 4) is 5.75 Å². The number of primary amides is 1. The largest absolute Gasteiger partial charge is 0.489 e. The third-order valence-electron chi connectivity index (χ3n) is 4.35. The number of amides is 2. The van der Waals surface area contributed by atoms with Gasteiger partial charge in [0.1, 0.15) is 12.4 Å². The molecule has 0 saturated heterocycles. The predicted molar refractivity (Wildman–Crippen MR) is 110 cm³/mol. The van der Waals surface area contributed by atoms with Gasteiger partial charge in [-0.2, -0.15) is 0 Å². The number of nitrogens with two attached hydrogens (primary N) is 1. The van der Waals surface area contributed by atoms with E-state index < -0.39 is 5.91 Å². The Morgan fingerprint density at radius 2 is 1.61 bits per heavy atom. The number of nitrogens with one attached hydrogen (secondary N) is 1. The van der Waals surface area contributed by atoms with Gasteiger partial charge >= 0.3 is 0 Å². The zero-order chi connectivity index (χ0) is 19.9. The molecular weight excluding hydrogens is 352 g/mol. The molecule has 3 aromatic rings. The Morgan fingerprint density at radius 3 is 2.25 bits per heavy atom. The highest BCUT2D eigenvalue weighted by atomic mass is 16.5. The van der Waals surface area contributed by atoms with Crippen molar-refractivity contribution in [3.05, 3.63) is 95.1 Å². The molecule has 3 aromatic carbocycles. The van der Waals surface area contributed by atoms with Crippen LogP contribution in [0, 0.1) is 0 Å². The third kappa shape index (κ3) is 4.98. The maximum absolute atomic E-state index is 12.5. The van der Waals surface area contributed by atoms with Gasteiger partial charge in [0, 0.05) is 16.8 Å². The Hall–Kier alpha value is -3.60. The van der Waals surface area contributed by atoms with Crippen LogP contribution in [0.4, 0.5) is 5.69 Å². The lowest BCUT2D eigenvalue weighted by molar-refractivity contribution is 0.0998. The quantitative estimate of drug-likeness (QED) is 0.651. The Kier molecular flexibility index (Phi) is 6.07. The van der Waals surface area contributed by atoms with Crippen molar-refractivity contribution in [2.75, 3.05) is 5.32 Å². The van der Waals surface area contributed by atoms with Crippen molar-refractivity contribution in [1.82, 2.24) is 0 Å². The highest BCUT2D eigenvalue weighted by molar-refractivity contribution is 6.04. The molecule has 0 aliphatic rings. The average molecular weight is 374 g/mol. The number of rotatable bonds is 7. The molecular formula is C23H22N2O3. The Bertz CT molecular complexity index is 964. The zero-order valence-electron chi connectivity index (χ0n) is 15.6. The average Bonchev–Trinajstić information content (AvgIpc) is 2.73. The number of carbonyl (C=O) groups excluding carboxylic acids is 2. The molecule has 0 bridgehead atoms. The Labute approximate surface area is 164 Å². The second-order valence-corrected chi connectivity index (χ2v) is 6.38. The van der Waals surface area contributed by atoms with Crippen molar-refractivity contribution >= 4 is 17.5 Å². The van der Waals surface area contributed by atoms with Crippen LogP contribution in [0.1, 0.15) is 38.8 Å². The molecule has 2 amide bonds. The van der Waals surface area contributed by atoms with Crippen molar-refractivity contribution in [1.29, 1.82) is 0 Å². The molecule has 0 aliphatic carbocycles. The monoisotopic (exact) mass is 374 g/mol. The smallest absolute Gasteiger partial charge is 0.255 e. The number of ether oxygens (including phenoxy) is 1. The van der Waals surface area contributed by atoms with Crippen molar-refractivity contribution in [2.24, 2.45) is 5.73 Å². The van der Waals surface area contributed by atoms with Crippen molar-refractivity contribution < 1.29 is 14.3 Å². The summed E-state index contributed by atoms with van der Waals surface area (Å²) in [6.07, 6.45) is 0.989. The summed E-state index contributed by atoms with van der Waals surface area (Å²) in [6.45, 7) is 2.48. The minimum absolute atomic E-state index is 0.235. The molecule has 142 valence electrons. The summed E-state index contributed by atoms with van der Waals surface area (Å²) in [5.41, 5.74) is 8.89. The number of benzene rings is 3. The summed E-state index contributed by atoms with van der Waals surface area (Å²) >= 11 is 0. The first kappa shape index (κ1) is 19.2. The zero-order valence-corrected chi connectivity index (χ0v) is 15.6. The third-order valence-corrected chi connectivity index (χ3v) is 4.35. The summed E-state index contributed by atoms with van der Waals surface area (Å²) < 4.78 is 5.80. The molecule has 0 heterocycles. The van der Waals surface area contributed by atoms with E-state index in [-0.39, 0.29) is 5.91 Å². The SMILES string of the molecule is CCc1ccc(OCc2cccc(C(=O)Nc3ccc(C(N)=O)cc3)c2)cc1. The van der Waals surface area contributed by atoms with Crippen LogP contribution in [0.3, 0.4) is 0 Å². The molecule has 0 radical (unpaired) electrons. The Morgan fingerprint density at radius 1 is 0.893 bits per heavy atom. The summed E-state index contributed by atoms with van der Waals surface area (Å²) in [5.74, 6) is 0.0532. The van der Waals surface area contributed by atoms with Crippen LogP contribution in [0.2, 0.25) is 0 Å². The Balaban J connectivity index is 1.62. The van der Waals surface area contributed by atoms with Gasteiger partial charge < -0.3 is 15.8 Å². The normalized spacial score (nSPS) is 10.3. The van der Waals surface area contributed by atoms with Crippen LogP contribution in [0.25, 0.3) is 0 Å². The van der Waals surface area contributed by atoms with Gasteiger partial charge in [-0.25, -0.2) is 0 Å². The molecule has 0 unspecified atom stereocenters. The first-order chi connectivity index (χ1) is 13.5. The van der Waals surface area contributed by atoms with Crippen molar-refractivity contribution in [3.63, 3.8) is 0 Å². The molecule has 0 saturated carbocycles. The van der Waals surface area contributed by atoms with Crippen LogP contribution in [-0.4, -0.2) is 11.8 Å². The molecule has 3 rings (SSSR count). The minimum atomic E-state index is -0.505. The summed E-state index contributed by atoms with van der Waals surface area (Å²) in [5, 5.41) is 2.81. The molecule has 28 heavy (non-hydrogen) atoms. The van der Waals surface area contributed by atoms with Crippen molar-refractivity contribution in [2.45, 2.75) is 20.0 Å². The number of anilines is 1. The number of hydrogen-bond acceptors (Lipinski definition) is 3. The fraction of sp³-hybridized carbons (Fsp3) is 0.130. The van der Waals surface area contributed by atoms with E-state index in [2.05, 4.69) is 12.2 Å². The van der Waals surface area contributed by atoms with Gasteiger partial charge in [-0.15, -0.1) is 0 Å². The lowest BCUT2D eigenvalue weighted by Gasteiger charge is -2.09. The second kappa shape index (κ2) is 8.86. The van der Waals surface area contributed by atoms with E-state index in [1.165, 1.54) is 5.56 Å². The van der Waals surface area contributed by atoms with Crippen LogP contribution in [0.15, 0.2) is 72.8 Å². The van der Waals surface area contributed by atoms with Gasteiger partial charge in [0.05, 0.1) is 0 Å². The first-order valence-corrected chi connectivity index (χ1v) is 9.07.